The molecule has 1 saturated heterocycles. The Balaban J connectivity index is 1.68. The fourth-order valence-corrected chi connectivity index (χ4v) is 3.36. The number of carbonyl (C=O) groups is 1. The van der Waals surface area contributed by atoms with Crippen molar-refractivity contribution in [3.63, 3.8) is 0 Å². The maximum atomic E-state index is 12.0. The third kappa shape index (κ3) is 5.96. The number of hydrogen-bond acceptors (Lipinski definition) is 4. The van der Waals surface area contributed by atoms with Crippen molar-refractivity contribution in [3.8, 4) is 0 Å². The van der Waals surface area contributed by atoms with E-state index in [9.17, 15) is 4.79 Å². The summed E-state index contributed by atoms with van der Waals surface area (Å²) in [5.41, 5.74) is -0.542. The smallest absolute Gasteiger partial charge is 0.408 e. The second kappa shape index (κ2) is 7.39. The summed E-state index contributed by atoms with van der Waals surface area (Å²) in [6.45, 7) is 11.4. The van der Waals surface area contributed by atoms with Gasteiger partial charge in [0.05, 0.1) is 5.54 Å². The fraction of sp³-hybridized carbons (Fsp3) is 0.944. The van der Waals surface area contributed by atoms with Crippen molar-refractivity contribution in [3.05, 3.63) is 0 Å². The van der Waals surface area contributed by atoms with E-state index in [4.69, 9.17) is 4.74 Å². The minimum Gasteiger partial charge on any atom is -0.444 e. The number of alkyl carbamates (subject to hydrolysis) is 1. The summed E-state index contributed by atoms with van der Waals surface area (Å²) in [4.78, 5) is 14.4. The Bertz CT molecular complexity index is 394. The summed E-state index contributed by atoms with van der Waals surface area (Å²) < 4.78 is 5.39. The van der Waals surface area contributed by atoms with E-state index in [1.807, 2.05) is 20.8 Å². The zero-order valence-electron chi connectivity index (χ0n) is 15.6. The van der Waals surface area contributed by atoms with E-state index in [2.05, 4.69) is 29.5 Å². The third-order valence-corrected chi connectivity index (χ3v) is 5.21. The zero-order chi connectivity index (χ0) is 17.1. The van der Waals surface area contributed by atoms with E-state index in [1.54, 1.807) is 0 Å². The summed E-state index contributed by atoms with van der Waals surface area (Å²) in [7, 11) is 2.20. The summed E-state index contributed by atoms with van der Waals surface area (Å²) in [5, 5.41) is 6.72. The van der Waals surface area contributed by atoms with Crippen LogP contribution in [0.1, 0.15) is 59.8 Å². The molecule has 5 heteroatoms. The van der Waals surface area contributed by atoms with Crippen LogP contribution in [0.3, 0.4) is 0 Å². The van der Waals surface area contributed by atoms with Gasteiger partial charge in [-0.2, -0.15) is 0 Å². The van der Waals surface area contributed by atoms with Crippen molar-refractivity contribution >= 4 is 6.09 Å². The van der Waals surface area contributed by atoms with E-state index in [-0.39, 0.29) is 11.6 Å². The van der Waals surface area contributed by atoms with E-state index in [0.29, 0.717) is 6.04 Å². The minimum atomic E-state index is -0.440. The van der Waals surface area contributed by atoms with Crippen LogP contribution >= 0.6 is 0 Å². The molecule has 0 spiro atoms. The number of hydrogen-bond donors (Lipinski definition) is 2. The van der Waals surface area contributed by atoms with Crippen molar-refractivity contribution in [2.45, 2.75) is 77.0 Å². The molecule has 1 aliphatic carbocycles. The first-order valence-corrected chi connectivity index (χ1v) is 9.13. The lowest BCUT2D eigenvalue weighted by Crippen LogP contribution is -2.52. The maximum Gasteiger partial charge on any atom is 0.408 e. The molecule has 0 aromatic rings. The highest BCUT2D eigenvalue weighted by Gasteiger charge is 2.49. The van der Waals surface area contributed by atoms with Gasteiger partial charge in [-0.3, -0.25) is 0 Å². The maximum absolute atomic E-state index is 12.0. The second-order valence-electron chi connectivity index (χ2n) is 8.49. The van der Waals surface area contributed by atoms with Gasteiger partial charge < -0.3 is 20.3 Å². The Morgan fingerprint density at radius 1 is 1.30 bits per heavy atom. The van der Waals surface area contributed by atoms with Crippen LogP contribution in [0, 0.1) is 5.92 Å². The molecule has 0 radical (unpaired) electrons. The Morgan fingerprint density at radius 3 is 2.43 bits per heavy atom. The van der Waals surface area contributed by atoms with Crippen LogP contribution in [0.4, 0.5) is 4.79 Å². The van der Waals surface area contributed by atoms with Crippen LogP contribution in [0.15, 0.2) is 0 Å². The van der Waals surface area contributed by atoms with Gasteiger partial charge in [-0.1, -0.05) is 0 Å². The summed E-state index contributed by atoms with van der Waals surface area (Å²) in [6, 6.07) is 0.293. The molecule has 2 fully saturated rings. The highest BCUT2D eigenvalue weighted by atomic mass is 16.6. The Kier molecular flexibility index (Phi) is 5.95. The lowest BCUT2D eigenvalue weighted by atomic mass is 9.93. The number of carbonyl (C=O) groups excluding carboxylic acids is 1. The van der Waals surface area contributed by atoms with Crippen molar-refractivity contribution in [1.82, 2.24) is 15.5 Å². The SMILES string of the molecule is CC(NCCC1CCN(C)CC1)C1(NC(=O)OC(C)(C)C)CC1. The summed E-state index contributed by atoms with van der Waals surface area (Å²) in [6.07, 6.45) is 5.64. The predicted molar refractivity (Wildman–Crippen MR) is 93.6 cm³/mol. The quantitative estimate of drug-likeness (QED) is 0.788. The molecule has 2 N–H and O–H groups in total. The van der Waals surface area contributed by atoms with Gasteiger partial charge in [-0.25, -0.2) is 4.79 Å². The number of nitrogens with zero attached hydrogens (tertiary/aromatic N) is 1. The van der Waals surface area contributed by atoms with Gasteiger partial charge in [-0.05, 0) is 92.4 Å². The van der Waals surface area contributed by atoms with Gasteiger partial charge in [0.1, 0.15) is 5.60 Å². The Morgan fingerprint density at radius 2 is 1.91 bits per heavy atom. The average molecular weight is 325 g/mol. The highest BCUT2D eigenvalue weighted by molar-refractivity contribution is 5.69. The van der Waals surface area contributed by atoms with Gasteiger partial charge in [0.25, 0.3) is 0 Å². The van der Waals surface area contributed by atoms with Crippen LogP contribution in [0.5, 0.6) is 0 Å². The molecule has 0 aromatic heterocycles. The Hall–Kier alpha value is -0.810. The molecule has 1 amide bonds. The van der Waals surface area contributed by atoms with Crippen LogP contribution < -0.4 is 10.6 Å². The Labute approximate surface area is 141 Å². The van der Waals surface area contributed by atoms with Gasteiger partial charge in [0.2, 0.25) is 0 Å². The molecule has 1 atom stereocenters. The fourth-order valence-electron chi connectivity index (χ4n) is 3.36. The van der Waals surface area contributed by atoms with Crippen LogP contribution in [-0.2, 0) is 4.74 Å². The molecule has 134 valence electrons. The first-order chi connectivity index (χ1) is 10.7. The number of likely N-dealkylation sites (tertiary alicyclic amines) is 1. The molecular formula is C18H35N3O2. The normalized spacial score (nSPS) is 23.3. The molecule has 2 aliphatic rings. The van der Waals surface area contributed by atoms with E-state index in [1.165, 1.54) is 32.4 Å². The summed E-state index contributed by atoms with van der Waals surface area (Å²) in [5.74, 6) is 0.847. The van der Waals surface area contributed by atoms with Crippen LogP contribution in [0.2, 0.25) is 0 Å². The second-order valence-corrected chi connectivity index (χ2v) is 8.49. The standard InChI is InChI=1S/C18H35N3O2/c1-14(19-11-6-15-7-12-21(5)13-8-15)18(9-10-18)20-16(22)23-17(2,3)4/h14-15,19H,6-13H2,1-5H3,(H,20,22). The topological polar surface area (TPSA) is 53.6 Å². The molecule has 23 heavy (non-hydrogen) atoms. The van der Waals surface area contributed by atoms with E-state index < -0.39 is 5.60 Å². The first-order valence-electron chi connectivity index (χ1n) is 9.13. The average Bonchev–Trinajstić information content (AvgIpc) is 3.19. The largest absolute Gasteiger partial charge is 0.444 e. The highest BCUT2D eigenvalue weighted by Crippen LogP contribution is 2.39. The van der Waals surface area contributed by atoms with Gasteiger partial charge >= 0.3 is 6.09 Å². The van der Waals surface area contributed by atoms with Crippen molar-refractivity contribution in [2.24, 2.45) is 5.92 Å². The molecule has 2 rings (SSSR count). The number of nitrogens with one attached hydrogen (secondary N) is 2. The molecule has 1 unspecified atom stereocenters. The molecule has 1 aliphatic heterocycles. The molecule has 1 heterocycles. The van der Waals surface area contributed by atoms with Crippen molar-refractivity contribution < 1.29 is 9.53 Å². The van der Waals surface area contributed by atoms with Gasteiger partial charge in [0.15, 0.2) is 0 Å². The number of rotatable bonds is 6. The predicted octanol–water partition coefficient (Wildman–Crippen LogP) is 2.75. The zero-order valence-corrected chi connectivity index (χ0v) is 15.6. The lowest BCUT2D eigenvalue weighted by molar-refractivity contribution is 0.0484. The number of piperidine rings is 1. The monoisotopic (exact) mass is 325 g/mol. The van der Waals surface area contributed by atoms with Gasteiger partial charge in [0, 0.05) is 6.04 Å². The summed E-state index contributed by atoms with van der Waals surface area (Å²) >= 11 is 0. The van der Waals surface area contributed by atoms with Crippen LogP contribution in [-0.4, -0.2) is 54.9 Å². The molecule has 0 aromatic carbocycles. The third-order valence-electron chi connectivity index (χ3n) is 5.21. The number of ether oxygens (including phenoxy) is 1. The van der Waals surface area contributed by atoms with E-state index in [0.717, 1.165) is 25.3 Å². The lowest BCUT2D eigenvalue weighted by Gasteiger charge is -2.31. The van der Waals surface area contributed by atoms with Crippen molar-refractivity contribution in [1.29, 1.82) is 0 Å². The van der Waals surface area contributed by atoms with E-state index >= 15 is 0 Å². The number of amides is 1. The molecule has 1 saturated carbocycles. The first kappa shape index (κ1) is 18.5. The minimum absolute atomic E-state index is 0.102. The van der Waals surface area contributed by atoms with Crippen LogP contribution in [0.25, 0.3) is 0 Å². The molecule has 0 bridgehead atoms. The molecular weight excluding hydrogens is 290 g/mol. The molecule has 5 nitrogen and oxygen atoms in total. The van der Waals surface area contributed by atoms with Crippen molar-refractivity contribution in [2.75, 3.05) is 26.7 Å². The van der Waals surface area contributed by atoms with Gasteiger partial charge in [-0.15, -0.1) is 0 Å².